The van der Waals surface area contributed by atoms with Crippen LogP contribution in [0.15, 0.2) is 36.5 Å². The van der Waals surface area contributed by atoms with Crippen molar-refractivity contribution in [3.05, 3.63) is 42.1 Å². The van der Waals surface area contributed by atoms with E-state index in [1.807, 2.05) is 12.1 Å². The molecule has 1 amide bonds. The summed E-state index contributed by atoms with van der Waals surface area (Å²) in [5.74, 6) is 1.75. The molecule has 118 valence electrons. The number of aromatic nitrogens is 1. The van der Waals surface area contributed by atoms with Gasteiger partial charge in [-0.15, -0.1) is 0 Å². The Morgan fingerprint density at radius 2 is 2.13 bits per heavy atom. The van der Waals surface area contributed by atoms with Crippen LogP contribution in [0, 0.1) is 0 Å². The maximum atomic E-state index is 12.5. The van der Waals surface area contributed by atoms with Gasteiger partial charge in [0.15, 0.2) is 11.5 Å². The van der Waals surface area contributed by atoms with Gasteiger partial charge >= 0.3 is 0 Å². The number of anilines is 2. The zero-order valence-corrected chi connectivity index (χ0v) is 12.5. The first-order chi connectivity index (χ1) is 11.3. The van der Waals surface area contributed by atoms with Gasteiger partial charge in [-0.2, -0.15) is 0 Å². The van der Waals surface area contributed by atoms with E-state index in [0.717, 1.165) is 18.7 Å². The molecule has 1 aliphatic heterocycles. The van der Waals surface area contributed by atoms with Crippen LogP contribution in [0.25, 0.3) is 0 Å². The molecule has 2 N–H and O–H groups in total. The van der Waals surface area contributed by atoms with Crippen LogP contribution in [-0.2, 0) is 0 Å². The molecule has 0 bridgehead atoms. The summed E-state index contributed by atoms with van der Waals surface area (Å²) in [6, 6.07) is 9.37. The highest BCUT2D eigenvalue weighted by atomic mass is 16.7. The van der Waals surface area contributed by atoms with E-state index in [1.165, 1.54) is 6.42 Å². The minimum Gasteiger partial charge on any atom is -0.454 e. The molecule has 6 nitrogen and oxygen atoms in total. The number of hydrogen-bond donors (Lipinski definition) is 2. The Morgan fingerprint density at radius 3 is 2.96 bits per heavy atom. The first-order valence-corrected chi connectivity index (χ1v) is 7.72. The molecule has 0 unspecified atom stereocenters. The number of hydrogen-bond acceptors (Lipinski definition) is 5. The Morgan fingerprint density at radius 1 is 1.22 bits per heavy atom. The van der Waals surface area contributed by atoms with Crippen LogP contribution in [0.3, 0.4) is 0 Å². The van der Waals surface area contributed by atoms with Crippen molar-refractivity contribution in [3.63, 3.8) is 0 Å². The van der Waals surface area contributed by atoms with Gasteiger partial charge in [0.1, 0.15) is 5.82 Å². The minimum absolute atomic E-state index is 0.174. The summed E-state index contributed by atoms with van der Waals surface area (Å²) in [7, 11) is 0. The summed E-state index contributed by atoms with van der Waals surface area (Å²) in [5, 5.41) is 6.21. The Labute approximate surface area is 133 Å². The molecule has 2 aromatic rings. The van der Waals surface area contributed by atoms with Crippen molar-refractivity contribution < 1.29 is 14.3 Å². The van der Waals surface area contributed by atoms with Crippen LogP contribution in [0.2, 0.25) is 0 Å². The molecule has 0 saturated heterocycles. The molecule has 4 rings (SSSR count). The van der Waals surface area contributed by atoms with Crippen LogP contribution in [0.5, 0.6) is 11.5 Å². The molecule has 1 saturated carbocycles. The average Bonchev–Trinajstić information content (AvgIpc) is 3.01. The number of pyridine rings is 1. The van der Waals surface area contributed by atoms with Crippen LogP contribution in [0.4, 0.5) is 11.5 Å². The third-order valence-electron chi connectivity index (χ3n) is 4.12. The van der Waals surface area contributed by atoms with Gasteiger partial charge in [0.05, 0.1) is 5.69 Å². The fourth-order valence-corrected chi connectivity index (χ4v) is 2.64. The standard InChI is InChI=1S/C17H17N3O3/c21-17(20-13-5-2-6-14-16(13)23-10-22-14)11-7-8-18-15(9-11)19-12-3-1-4-12/h2,5-9,12H,1,3-4,10H2,(H,18,19)(H,20,21). The maximum Gasteiger partial charge on any atom is 0.255 e. The molecule has 0 radical (unpaired) electrons. The monoisotopic (exact) mass is 311 g/mol. The molecule has 1 fully saturated rings. The second kappa shape index (κ2) is 5.79. The third kappa shape index (κ3) is 2.79. The first kappa shape index (κ1) is 13.9. The summed E-state index contributed by atoms with van der Waals surface area (Å²) in [4.78, 5) is 16.7. The van der Waals surface area contributed by atoms with Gasteiger partial charge < -0.3 is 20.1 Å². The predicted molar refractivity (Wildman–Crippen MR) is 86.0 cm³/mol. The molecular formula is C17H17N3O3. The number of amides is 1. The van der Waals surface area contributed by atoms with Gasteiger partial charge in [0, 0.05) is 17.8 Å². The zero-order chi connectivity index (χ0) is 15.6. The van der Waals surface area contributed by atoms with Crippen molar-refractivity contribution >= 4 is 17.4 Å². The van der Waals surface area contributed by atoms with E-state index >= 15 is 0 Å². The number of para-hydroxylation sites is 1. The van der Waals surface area contributed by atoms with Crippen LogP contribution >= 0.6 is 0 Å². The van der Waals surface area contributed by atoms with Gasteiger partial charge in [-0.1, -0.05) is 6.07 Å². The third-order valence-corrected chi connectivity index (χ3v) is 4.12. The van der Waals surface area contributed by atoms with Crippen molar-refractivity contribution in [3.8, 4) is 11.5 Å². The number of benzene rings is 1. The molecule has 1 aromatic carbocycles. The van der Waals surface area contributed by atoms with E-state index in [1.54, 1.807) is 24.4 Å². The van der Waals surface area contributed by atoms with Gasteiger partial charge in [0.25, 0.3) is 5.91 Å². The van der Waals surface area contributed by atoms with Gasteiger partial charge in [0.2, 0.25) is 6.79 Å². The summed E-state index contributed by atoms with van der Waals surface area (Å²) in [6.45, 7) is 0.174. The second-order valence-electron chi connectivity index (χ2n) is 5.70. The summed E-state index contributed by atoms with van der Waals surface area (Å²) >= 11 is 0. The number of carbonyl (C=O) groups is 1. The molecule has 0 atom stereocenters. The molecular weight excluding hydrogens is 294 g/mol. The van der Waals surface area contributed by atoms with Crippen LogP contribution in [-0.4, -0.2) is 23.7 Å². The van der Waals surface area contributed by atoms with Crippen molar-refractivity contribution in [1.29, 1.82) is 0 Å². The molecule has 1 aliphatic carbocycles. The van der Waals surface area contributed by atoms with E-state index in [4.69, 9.17) is 9.47 Å². The quantitative estimate of drug-likeness (QED) is 0.908. The predicted octanol–water partition coefficient (Wildman–Crippen LogP) is 3.03. The second-order valence-corrected chi connectivity index (χ2v) is 5.70. The van der Waals surface area contributed by atoms with Crippen molar-refractivity contribution in [2.45, 2.75) is 25.3 Å². The van der Waals surface area contributed by atoms with Gasteiger partial charge in [-0.25, -0.2) is 4.98 Å². The summed E-state index contributed by atoms with van der Waals surface area (Å²) < 4.78 is 10.7. The fraction of sp³-hybridized carbons (Fsp3) is 0.294. The van der Waals surface area contributed by atoms with Crippen LogP contribution < -0.4 is 20.1 Å². The number of rotatable bonds is 4. The Bertz CT molecular complexity index is 744. The lowest BCUT2D eigenvalue weighted by Gasteiger charge is -2.26. The van der Waals surface area contributed by atoms with E-state index in [-0.39, 0.29) is 12.7 Å². The first-order valence-electron chi connectivity index (χ1n) is 7.72. The highest BCUT2D eigenvalue weighted by Gasteiger charge is 2.20. The van der Waals surface area contributed by atoms with Gasteiger partial charge in [-0.3, -0.25) is 4.79 Å². The Balaban J connectivity index is 1.51. The SMILES string of the molecule is O=C(Nc1cccc2c1OCO2)c1ccnc(NC2CCC2)c1. The fourth-order valence-electron chi connectivity index (χ4n) is 2.64. The Hall–Kier alpha value is -2.76. The maximum absolute atomic E-state index is 12.5. The average molecular weight is 311 g/mol. The highest BCUT2D eigenvalue weighted by molar-refractivity contribution is 6.05. The van der Waals surface area contributed by atoms with E-state index < -0.39 is 0 Å². The minimum atomic E-state index is -0.201. The van der Waals surface area contributed by atoms with E-state index in [0.29, 0.717) is 28.8 Å². The number of nitrogens with zero attached hydrogens (tertiary/aromatic N) is 1. The van der Waals surface area contributed by atoms with Crippen molar-refractivity contribution in [2.24, 2.45) is 0 Å². The van der Waals surface area contributed by atoms with Crippen molar-refractivity contribution in [2.75, 3.05) is 17.4 Å². The van der Waals surface area contributed by atoms with E-state index in [2.05, 4.69) is 15.6 Å². The number of fused-ring (bicyclic) bond motifs is 1. The zero-order valence-electron chi connectivity index (χ0n) is 12.5. The van der Waals surface area contributed by atoms with Gasteiger partial charge in [-0.05, 0) is 43.5 Å². The Kier molecular flexibility index (Phi) is 3.49. The molecule has 2 heterocycles. The lowest BCUT2D eigenvalue weighted by molar-refractivity contribution is 0.102. The lowest BCUT2D eigenvalue weighted by Crippen LogP contribution is -2.27. The molecule has 2 aliphatic rings. The number of carbonyl (C=O) groups excluding carboxylic acids is 1. The summed E-state index contributed by atoms with van der Waals surface area (Å²) in [5.41, 5.74) is 1.16. The largest absolute Gasteiger partial charge is 0.454 e. The summed E-state index contributed by atoms with van der Waals surface area (Å²) in [6.07, 6.45) is 5.21. The lowest BCUT2D eigenvalue weighted by atomic mass is 9.93. The van der Waals surface area contributed by atoms with E-state index in [9.17, 15) is 4.79 Å². The molecule has 23 heavy (non-hydrogen) atoms. The van der Waals surface area contributed by atoms with Crippen LogP contribution in [0.1, 0.15) is 29.6 Å². The normalized spacial score (nSPS) is 15.8. The number of ether oxygens (including phenoxy) is 2. The molecule has 6 heteroatoms. The topological polar surface area (TPSA) is 72.5 Å². The number of nitrogens with one attached hydrogen (secondary N) is 2. The smallest absolute Gasteiger partial charge is 0.255 e. The molecule has 1 aromatic heterocycles. The molecule has 0 spiro atoms. The highest BCUT2D eigenvalue weighted by Crippen LogP contribution is 2.39. The van der Waals surface area contributed by atoms with Crippen molar-refractivity contribution in [1.82, 2.24) is 4.98 Å².